The van der Waals surface area contributed by atoms with Gasteiger partial charge in [-0.25, -0.2) is 4.98 Å². The molecule has 0 aliphatic carbocycles. The van der Waals surface area contributed by atoms with E-state index in [1.54, 1.807) is 25.1 Å². The molecule has 0 saturated heterocycles. The molecular formula is C14H10N4O. The fourth-order valence-corrected chi connectivity index (χ4v) is 1.77. The van der Waals surface area contributed by atoms with E-state index in [2.05, 4.69) is 4.98 Å². The number of pyridine rings is 2. The second-order valence-corrected chi connectivity index (χ2v) is 4.05. The summed E-state index contributed by atoms with van der Waals surface area (Å²) in [6.45, 7) is 2.12. The molecular weight excluding hydrogens is 240 g/mol. The van der Waals surface area contributed by atoms with E-state index in [-0.39, 0.29) is 11.1 Å². The Morgan fingerprint density at radius 1 is 1.26 bits per heavy atom. The van der Waals surface area contributed by atoms with Gasteiger partial charge in [0.15, 0.2) is 0 Å². The summed E-state index contributed by atoms with van der Waals surface area (Å²) >= 11 is 0. The molecule has 0 radical (unpaired) electrons. The number of nitriles is 2. The SMILES string of the molecule is Cc1ccc(C#N)c(=O)n1Cc1ccnc(C#N)c1. The van der Waals surface area contributed by atoms with Crippen LogP contribution in [0.3, 0.4) is 0 Å². The molecule has 2 rings (SSSR count). The number of hydrogen-bond donors (Lipinski definition) is 0. The Kier molecular flexibility index (Phi) is 3.40. The summed E-state index contributed by atoms with van der Waals surface area (Å²) < 4.78 is 1.51. The van der Waals surface area contributed by atoms with Crippen molar-refractivity contribution in [3.63, 3.8) is 0 Å². The van der Waals surface area contributed by atoms with Crippen LogP contribution >= 0.6 is 0 Å². The minimum Gasteiger partial charge on any atom is -0.307 e. The highest BCUT2D eigenvalue weighted by atomic mass is 16.1. The van der Waals surface area contributed by atoms with E-state index >= 15 is 0 Å². The molecule has 5 heteroatoms. The van der Waals surface area contributed by atoms with Gasteiger partial charge in [0.1, 0.15) is 23.4 Å². The molecule has 0 aromatic carbocycles. The van der Waals surface area contributed by atoms with Gasteiger partial charge in [0, 0.05) is 11.9 Å². The quantitative estimate of drug-likeness (QED) is 0.805. The molecule has 2 aromatic heterocycles. The third-order valence-electron chi connectivity index (χ3n) is 2.79. The predicted molar refractivity (Wildman–Crippen MR) is 68.2 cm³/mol. The molecule has 0 amide bonds. The minimum absolute atomic E-state index is 0.111. The highest BCUT2D eigenvalue weighted by Gasteiger charge is 2.07. The maximum atomic E-state index is 12.0. The van der Waals surface area contributed by atoms with E-state index < -0.39 is 0 Å². The summed E-state index contributed by atoms with van der Waals surface area (Å²) in [6.07, 6.45) is 1.53. The lowest BCUT2D eigenvalue weighted by Gasteiger charge is -2.10. The lowest BCUT2D eigenvalue weighted by Crippen LogP contribution is -2.24. The number of hydrogen-bond acceptors (Lipinski definition) is 4. The molecule has 5 nitrogen and oxygen atoms in total. The van der Waals surface area contributed by atoms with Crippen molar-refractivity contribution in [1.82, 2.24) is 9.55 Å². The summed E-state index contributed by atoms with van der Waals surface area (Å²) in [6, 6.07) is 10.4. The number of aryl methyl sites for hydroxylation is 1. The molecule has 0 spiro atoms. The van der Waals surface area contributed by atoms with Crippen LogP contribution in [0.25, 0.3) is 0 Å². The predicted octanol–water partition coefficient (Wildman–Crippen LogP) is 1.34. The monoisotopic (exact) mass is 250 g/mol. The van der Waals surface area contributed by atoms with Gasteiger partial charge in [-0.2, -0.15) is 10.5 Å². The number of nitrogens with zero attached hydrogens (tertiary/aromatic N) is 4. The highest BCUT2D eigenvalue weighted by molar-refractivity contribution is 5.29. The molecule has 0 fully saturated rings. The van der Waals surface area contributed by atoms with Gasteiger partial charge in [-0.15, -0.1) is 0 Å². The molecule has 0 bridgehead atoms. The molecule has 2 heterocycles. The van der Waals surface area contributed by atoms with Crippen LogP contribution < -0.4 is 5.56 Å². The van der Waals surface area contributed by atoms with Gasteiger partial charge in [-0.1, -0.05) is 0 Å². The van der Waals surface area contributed by atoms with E-state index in [1.165, 1.54) is 16.8 Å². The fourth-order valence-electron chi connectivity index (χ4n) is 1.77. The van der Waals surface area contributed by atoms with E-state index in [0.717, 1.165) is 11.3 Å². The molecule has 0 N–H and O–H groups in total. The average Bonchev–Trinajstić information content (AvgIpc) is 2.44. The fraction of sp³-hybridized carbons (Fsp3) is 0.143. The van der Waals surface area contributed by atoms with Crippen molar-refractivity contribution in [3.05, 3.63) is 63.3 Å². The van der Waals surface area contributed by atoms with Crippen molar-refractivity contribution in [2.75, 3.05) is 0 Å². The summed E-state index contributed by atoms with van der Waals surface area (Å²) in [5.41, 5.74) is 1.66. The first kappa shape index (κ1) is 12.5. The van der Waals surface area contributed by atoms with Crippen LogP contribution in [0.5, 0.6) is 0 Å². The maximum Gasteiger partial charge on any atom is 0.268 e. The van der Waals surface area contributed by atoms with Gasteiger partial charge < -0.3 is 4.57 Å². The van der Waals surface area contributed by atoms with Crippen molar-refractivity contribution in [3.8, 4) is 12.1 Å². The van der Waals surface area contributed by atoms with E-state index in [4.69, 9.17) is 10.5 Å². The van der Waals surface area contributed by atoms with Crippen LogP contribution in [0.15, 0.2) is 35.3 Å². The smallest absolute Gasteiger partial charge is 0.268 e. The topological polar surface area (TPSA) is 82.5 Å². The molecule has 0 unspecified atom stereocenters. The molecule has 92 valence electrons. The first-order valence-corrected chi connectivity index (χ1v) is 5.61. The number of aromatic nitrogens is 2. The Bertz CT molecular complexity index is 762. The molecule has 2 aromatic rings. The van der Waals surface area contributed by atoms with Gasteiger partial charge in [-0.05, 0) is 36.8 Å². The van der Waals surface area contributed by atoms with Gasteiger partial charge in [0.25, 0.3) is 5.56 Å². The maximum absolute atomic E-state index is 12.0. The third-order valence-corrected chi connectivity index (χ3v) is 2.79. The lowest BCUT2D eigenvalue weighted by molar-refractivity contribution is 0.726. The average molecular weight is 250 g/mol. The second kappa shape index (κ2) is 5.16. The molecule has 0 saturated carbocycles. The van der Waals surface area contributed by atoms with Crippen molar-refractivity contribution >= 4 is 0 Å². The van der Waals surface area contributed by atoms with Gasteiger partial charge in [0.05, 0.1) is 6.54 Å². The van der Waals surface area contributed by atoms with Crippen molar-refractivity contribution in [1.29, 1.82) is 10.5 Å². The standard InChI is InChI=1S/C14H10N4O/c1-10-2-3-12(7-15)14(19)18(10)9-11-4-5-17-13(6-11)8-16/h2-6H,9H2,1H3. The summed E-state index contributed by atoms with van der Waals surface area (Å²) in [7, 11) is 0. The van der Waals surface area contributed by atoms with Gasteiger partial charge >= 0.3 is 0 Å². The molecule has 0 aliphatic rings. The van der Waals surface area contributed by atoms with E-state index in [9.17, 15) is 4.79 Å². The third kappa shape index (κ3) is 2.51. The van der Waals surface area contributed by atoms with Crippen molar-refractivity contribution in [2.24, 2.45) is 0 Å². The minimum atomic E-state index is -0.321. The molecule has 0 aliphatic heterocycles. The Labute approximate surface area is 110 Å². The largest absolute Gasteiger partial charge is 0.307 e. The first-order chi connectivity index (χ1) is 9.15. The van der Waals surface area contributed by atoms with Crippen LogP contribution in [-0.4, -0.2) is 9.55 Å². The van der Waals surface area contributed by atoms with Gasteiger partial charge in [-0.3, -0.25) is 4.79 Å². The Balaban J connectivity index is 2.47. The number of rotatable bonds is 2. The van der Waals surface area contributed by atoms with Crippen LogP contribution in [-0.2, 0) is 6.54 Å². The highest BCUT2D eigenvalue weighted by Crippen LogP contribution is 2.05. The Morgan fingerprint density at radius 2 is 2.05 bits per heavy atom. The lowest BCUT2D eigenvalue weighted by atomic mass is 10.2. The van der Waals surface area contributed by atoms with Crippen LogP contribution in [0.4, 0.5) is 0 Å². The summed E-state index contributed by atoms with van der Waals surface area (Å²) in [4.78, 5) is 15.9. The zero-order valence-corrected chi connectivity index (χ0v) is 10.3. The van der Waals surface area contributed by atoms with E-state index in [1.807, 2.05) is 12.1 Å². The summed E-state index contributed by atoms with van der Waals surface area (Å²) in [5.74, 6) is 0. The summed E-state index contributed by atoms with van der Waals surface area (Å²) in [5, 5.41) is 17.7. The van der Waals surface area contributed by atoms with Gasteiger partial charge in [0.2, 0.25) is 0 Å². The first-order valence-electron chi connectivity index (χ1n) is 5.61. The van der Waals surface area contributed by atoms with Crippen LogP contribution in [0.1, 0.15) is 22.5 Å². The molecule has 19 heavy (non-hydrogen) atoms. The normalized spacial score (nSPS) is 9.63. The Hall–Kier alpha value is -2.92. The second-order valence-electron chi connectivity index (χ2n) is 4.05. The zero-order valence-electron chi connectivity index (χ0n) is 10.3. The van der Waals surface area contributed by atoms with Crippen molar-refractivity contribution < 1.29 is 0 Å². The van der Waals surface area contributed by atoms with Crippen LogP contribution in [0, 0.1) is 29.6 Å². The Morgan fingerprint density at radius 3 is 2.74 bits per heavy atom. The molecule has 0 atom stereocenters. The van der Waals surface area contributed by atoms with Crippen molar-refractivity contribution in [2.45, 2.75) is 13.5 Å². The van der Waals surface area contributed by atoms with E-state index in [0.29, 0.717) is 12.2 Å². The van der Waals surface area contributed by atoms with Crippen LogP contribution in [0.2, 0.25) is 0 Å². The zero-order chi connectivity index (χ0) is 13.8.